The number of hydrogen-bond acceptors (Lipinski definition) is 2. The molecule has 2 rings (SSSR count). The average Bonchev–Trinajstić information content (AvgIpc) is 2.61. The van der Waals surface area contributed by atoms with Gasteiger partial charge in [0.15, 0.2) is 0 Å². The Bertz CT molecular complexity index is 734. The van der Waals surface area contributed by atoms with Gasteiger partial charge < -0.3 is 9.84 Å². The molecule has 0 saturated heterocycles. The van der Waals surface area contributed by atoms with Crippen LogP contribution in [-0.4, -0.2) is 5.11 Å². The predicted octanol–water partition coefficient (Wildman–Crippen LogP) is 5.26. The van der Waals surface area contributed by atoms with Crippen molar-refractivity contribution in [3.05, 3.63) is 71.3 Å². The van der Waals surface area contributed by atoms with Gasteiger partial charge in [-0.25, -0.2) is 0 Å². The number of allylic oxidation sites excluding steroid dienone is 2. The van der Waals surface area contributed by atoms with Gasteiger partial charge in [-0.05, 0) is 50.5 Å². The molecule has 24 heavy (non-hydrogen) atoms. The van der Waals surface area contributed by atoms with Crippen LogP contribution in [0.15, 0.2) is 60.2 Å². The first kappa shape index (κ1) is 17.7. The highest BCUT2D eigenvalue weighted by atomic mass is 16.5. The second kappa shape index (κ2) is 9.47. The number of phenols is 1. The largest absolute Gasteiger partial charge is 0.508 e. The molecule has 0 saturated carbocycles. The van der Waals surface area contributed by atoms with E-state index in [0.29, 0.717) is 18.8 Å². The smallest absolute Gasteiger partial charge is 0.120 e. The summed E-state index contributed by atoms with van der Waals surface area (Å²) in [5.74, 6) is 7.05. The summed E-state index contributed by atoms with van der Waals surface area (Å²) in [6, 6.07) is 15.5. The Morgan fingerprint density at radius 1 is 1.17 bits per heavy atom. The number of rotatable bonds is 7. The van der Waals surface area contributed by atoms with E-state index in [9.17, 15) is 5.11 Å². The standard InChI is InChI=1S/C22H24O2/c1-3-4-6-9-18(2)12-13-20-16-21(14-15-22(20)23)24-17-19-10-7-5-8-11-19/h5,7-8,10-12,14-16,23H,6,9,13,17H2,1-2H3/b18-12+. The molecule has 0 heterocycles. The summed E-state index contributed by atoms with van der Waals surface area (Å²) in [5, 5.41) is 10.0. The SMILES string of the molecule is CC#CCC/C(C)=C/Cc1cc(OCc2ccccc2)ccc1O. The lowest BCUT2D eigenvalue weighted by molar-refractivity contribution is 0.305. The number of ether oxygens (including phenoxy) is 1. The summed E-state index contributed by atoms with van der Waals surface area (Å²) >= 11 is 0. The molecule has 0 fully saturated rings. The van der Waals surface area contributed by atoms with Crippen molar-refractivity contribution in [3.8, 4) is 23.3 Å². The van der Waals surface area contributed by atoms with E-state index in [4.69, 9.17) is 4.74 Å². The minimum absolute atomic E-state index is 0.305. The van der Waals surface area contributed by atoms with Crippen molar-refractivity contribution in [1.82, 2.24) is 0 Å². The third kappa shape index (κ3) is 5.85. The van der Waals surface area contributed by atoms with Crippen LogP contribution in [-0.2, 0) is 13.0 Å². The van der Waals surface area contributed by atoms with Gasteiger partial charge in [0.1, 0.15) is 18.1 Å². The quantitative estimate of drug-likeness (QED) is 0.557. The molecule has 0 aliphatic heterocycles. The van der Waals surface area contributed by atoms with Gasteiger partial charge in [0, 0.05) is 12.0 Å². The lowest BCUT2D eigenvalue weighted by Crippen LogP contribution is -1.96. The molecule has 2 aromatic rings. The van der Waals surface area contributed by atoms with E-state index in [2.05, 4.69) is 24.8 Å². The van der Waals surface area contributed by atoms with E-state index < -0.39 is 0 Å². The molecule has 0 aromatic heterocycles. The molecule has 0 aliphatic carbocycles. The third-order valence-electron chi connectivity index (χ3n) is 3.79. The molecular formula is C22H24O2. The zero-order valence-corrected chi connectivity index (χ0v) is 14.4. The van der Waals surface area contributed by atoms with Crippen molar-refractivity contribution < 1.29 is 9.84 Å². The highest BCUT2D eigenvalue weighted by Gasteiger charge is 2.03. The van der Waals surface area contributed by atoms with E-state index >= 15 is 0 Å². The van der Waals surface area contributed by atoms with Crippen molar-refractivity contribution in [3.63, 3.8) is 0 Å². The predicted molar refractivity (Wildman–Crippen MR) is 99.0 cm³/mol. The van der Waals surface area contributed by atoms with Crippen molar-refractivity contribution in [1.29, 1.82) is 0 Å². The molecule has 2 aromatic carbocycles. The van der Waals surface area contributed by atoms with Crippen LogP contribution in [0.3, 0.4) is 0 Å². The Labute approximate surface area is 144 Å². The molecule has 2 nitrogen and oxygen atoms in total. The summed E-state index contributed by atoms with van der Waals surface area (Å²) in [6.07, 6.45) is 4.68. The van der Waals surface area contributed by atoms with Crippen LogP contribution in [0.4, 0.5) is 0 Å². The number of aromatic hydroxyl groups is 1. The first-order chi connectivity index (χ1) is 11.7. The summed E-state index contributed by atoms with van der Waals surface area (Å²) in [6.45, 7) is 4.48. The fourth-order valence-corrected chi connectivity index (χ4v) is 2.33. The maximum absolute atomic E-state index is 10.0. The first-order valence-electron chi connectivity index (χ1n) is 8.23. The van der Waals surface area contributed by atoms with Gasteiger partial charge in [-0.3, -0.25) is 0 Å². The summed E-state index contributed by atoms with van der Waals surface area (Å²) in [5.41, 5.74) is 3.29. The van der Waals surface area contributed by atoms with Crippen molar-refractivity contribution in [2.75, 3.05) is 0 Å². The van der Waals surface area contributed by atoms with Gasteiger partial charge in [0.2, 0.25) is 0 Å². The lowest BCUT2D eigenvalue weighted by atomic mass is 10.1. The molecule has 124 valence electrons. The van der Waals surface area contributed by atoms with Gasteiger partial charge >= 0.3 is 0 Å². The summed E-state index contributed by atoms with van der Waals surface area (Å²) in [4.78, 5) is 0. The van der Waals surface area contributed by atoms with E-state index in [1.54, 1.807) is 12.1 Å². The van der Waals surface area contributed by atoms with Crippen LogP contribution in [0.25, 0.3) is 0 Å². The van der Waals surface area contributed by atoms with Gasteiger partial charge in [-0.1, -0.05) is 42.0 Å². The third-order valence-corrected chi connectivity index (χ3v) is 3.79. The molecular weight excluding hydrogens is 296 g/mol. The minimum atomic E-state index is 0.305. The monoisotopic (exact) mass is 320 g/mol. The van der Waals surface area contributed by atoms with Crippen molar-refractivity contribution in [2.24, 2.45) is 0 Å². The fourth-order valence-electron chi connectivity index (χ4n) is 2.33. The fraction of sp³-hybridized carbons (Fsp3) is 0.273. The molecule has 0 amide bonds. The highest BCUT2D eigenvalue weighted by Crippen LogP contribution is 2.25. The Balaban J connectivity index is 1.97. The van der Waals surface area contributed by atoms with Crippen molar-refractivity contribution in [2.45, 2.75) is 39.7 Å². The van der Waals surface area contributed by atoms with E-state index in [1.807, 2.05) is 43.3 Å². The van der Waals surface area contributed by atoms with E-state index in [0.717, 1.165) is 29.7 Å². The van der Waals surface area contributed by atoms with Crippen molar-refractivity contribution >= 4 is 0 Å². The highest BCUT2D eigenvalue weighted by molar-refractivity contribution is 5.40. The van der Waals surface area contributed by atoms with E-state index in [1.165, 1.54) is 5.57 Å². The zero-order valence-electron chi connectivity index (χ0n) is 14.4. The maximum atomic E-state index is 10.0. The van der Waals surface area contributed by atoms with Crippen LogP contribution in [0.2, 0.25) is 0 Å². The number of benzene rings is 2. The zero-order chi connectivity index (χ0) is 17.2. The Kier molecular flexibility index (Phi) is 6.98. The molecule has 0 spiro atoms. The maximum Gasteiger partial charge on any atom is 0.120 e. The van der Waals surface area contributed by atoms with Crippen LogP contribution in [0.1, 0.15) is 37.8 Å². The molecule has 1 N–H and O–H groups in total. The topological polar surface area (TPSA) is 29.5 Å². The second-order valence-electron chi connectivity index (χ2n) is 5.75. The molecule has 0 unspecified atom stereocenters. The normalized spacial score (nSPS) is 10.8. The van der Waals surface area contributed by atoms with Crippen LogP contribution in [0.5, 0.6) is 11.5 Å². The average molecular weight is 320 g/mol. The molecule has 0 bridgehead atoms. The molecule has 2 heteroatoms. The van der Waals surface area contributed by atoms with Gasteiger partial charge in [-0.15, -0.1) is 11.8 Å². The van der Waals surface area contributed by atoms with Crippen LogP contribution >= 0.6 is 0 Å². The molecule has 0 radical (unpaired) electrons. The van der Waals surface area contributed by atoms with Gasteiger partial charge in [0.25, 0.3) is 0 Å². The minimum Gasteiger partial charge on any atom is -0.508 e. The summed E-state index contributed by atoms with van der Waals surface area (Å²) in [7, 11) is 0. The van der Waals surface area contributed by atoms with Gasteiger partial charge in [-0.2, -0.15) is 0 Å². The number of phenolic OH excluding ortho intramolecular Hbond substituents is 1. The molecule has 0 atom stereocenters. The number of hydrogen-bond donors (Lipinski definition) is 1. The van der Waals surface area contributed by atoms with Crippen LogP contribution in [0, 0.1) is 11.8 Å². The lowest BCUT2D eigenvalue weighted by Gasteiger charge is -2.09. The van der Waals surface area contributed by atoms with Crippen LogP contribution < -0.4 is 4.74 Å². The second-order valence-corrected chi connectivity index (χ2v) is 5.75. The molecule has 0 aliphatic rings. The summed E-state index contributed by atoms with van der Waals surface area (Å²) < 4.78 is 5.82. The van der Waals surface area contributed by atoms with E-state index in [-0.39, 0.29) is 0 Å². The Hall–Kier alpha value is -2.66. The Morgan fingerprint density at radius 3 is 2.71 bits per heavy atom. The first-order valence-corrected chi connectivity index (χ1v) is 8.23. The van der Waals surface area contributed by atoms with Gasteiger partial charge in [0.05, 0.1) is 0 Å². The Morgan fingerprint density at radius 2 is 1.96 bits per heavy atom.